The molecule has 1 N–H and O–H groups in total. The highest BCUT2D eigenvalue weighted by Crippen LogP contribution is 2.33. The van der Waals surface area contributed by atoms with Gasteiger partial charge in [-0.15, -0.1) is 11.6 Å². The van der Waals surface area contributed by atoms with E-state index in [0.29, 0.717) is 24.3 Å². The third kappa shape index (κ3) is 4.23. The molecule has 1 aliphatic carbocycles. The lowest BCUT2D eigenvalue weighted by molar-refractivity contribution is 0.537. The average molecular weight is 356 g/mol. The van der Waals surface area contributed by atoms with E-state index in [1.165, 1.54) is 0 Å². The van der Waals surface area contributed by atoms with Crippen molar-refractivity contribution >= 4 is 17.3 Å². The maximum Gasteiger partial charge on any atom is 0.138 e. The van der Waals surface area contributed by atoms with Crippen molar-refractivity contribution in [3.63, 3.8) is 0 Å². The predicted molar refractivity (Wildman–Crippen MR) is 93.3 cm³/mol. The molecule has 0 heterocycles. The summed E-state index contributed by atoms with van der Waals surface area (Å²) in [5.74, 6) is -2.80. The third-order valence-corrected chi connectivity index (χ3v) is 4.48. The topological polar surface area (TPSA) is 12.0 Å². The minimum absolute atomic E-state index is 0.161. The van der Waals surface area contributed by atoms with Crippen LogP contribution in [0.5, 0.6) is 0 Å². The summed E-state index contributed by atoms with van der Waals surface area (Å²) in [4.78, 5) is 0. The molecule has 1 aliphatic rings. The Kier molecular flexibility index (Phi) is 6.55. The Morgan fingerprint density at radius 3 is 2.38 bits per heavy atom. The highest BCUT2D eigenvalue weighted by Gasteiger charge is 2.21. The van der Waals surface area contributed by atoms with Crippen LogP contribution in [0.25, 0.3) is 5.70 Å². The third-order valence-electron chi connectivity index (χ3n) is 4.02. The van der Waals surface area contributed by atoms with Crippen LogP contribution in [0.4, 0.5) is 13.2 Å². The Morgan fingerprint density at radius 2 is 1.88 bits per heavy atom. The Bertz CT molecular complexity index is 669. The molecule has 0 aliphatic heterocycles. The molecular weight excluding hydrogens is 335 g/mol. The lowest BCUT2D eigenvalue weighted by atomic mass is 9.91. The summed E-state index contributed by atoms with van der Waals surface area (Å²) in [6, 6.07) is 1.38. The Labute approximate surface area is 145 Å². The minimum Gasteiger partial charge on any atom is -0.387 e. The molecule has 0 spiro atoms. The first-order chi connectivity index (χ1) is 11.5. The molecule has 130 valence electrons. The van der Waals surface area contributed by atoms with Crippen LogP contribution in [-0.2, 0) is 0 Å². The molecule has 0 radical (unpaired) electrons. The first-order valence-electron chi connectivity index (χ1n) is 8.04. The molecule has 1 unspecified atom stereocenters. The van der Waals surface area contributed by atoms with Crippen LogP contribution in [0, 0.1) is 17.5 Å². The van der Waals surface area contributed by atoms with Gasteiger partial charge < -0.3 is 5.32 Å². The molecule has 24 heavy (non-hydrogen) atoms. The number of hydrogen-bond donors (Lipinski definition) is 1. The van der Waals surface area contributed by atoms with Crippen LogP contribution in [-0.4, -0.2) is 12.4 Å². The van der Waals surface area contributed by atoms with Crippen LogP contribution in [0.3, 0.4) is 0 Å². The highest BCUT2D eigenvalue weighted by atomic mass is 35.5. The van der Waals surface area contributed by atoms with Crippen molar-refractivity contribution in [1.82, 2.24) is 5.32 Å². The molecule has 2 rings (SSSR count). The summed E-state index contributed by atoms with van der Waals surface area (Å²) >= 11 is 6.31. The lowest BCUT2D eigenvalue weighted by Crippen LogP contribution is -2.15. The molecule has 1 aromatic carbocycles. The van der Waals surface area contributed by atoms with E-state index in [1.54, 1.807) is 7.05 Å². The quantitative estimate of drug-likeness (QED) is 0.644. The van der Waals surface area contributed by atoms with Gasteiger partial charge >= 0.3 is 0 Å². The fourth-order valence-electron chi connectivity index (χ4n) is 2.78. The van der Waals surface area contributed by atoms with Crippen LogP contribution in [0.15, 0.2) is 41.5 Å². The number of benzene rings is 1. The van der Waals surface area contributed by atoms with Crippen LogP contribution < -0.4 is 5.32 Å². The average Bonchev–Trinajstić information content (AvgIpc) is 2.56. The van der Waals surface area contributed by atoms with Crippen molar-refractivity contribution in [3.05, 3.63) is 64.5 Å². The van der Waals surface area contributed by atoms with Gasteiger partial charge in [0.25, 0.3) is 0 Å². The zero-order valence-electron chi connectivity index (χ0n) is 13.8. The predicted octanol–water partition coefficient (Wildman–Crippen LogP) is 5.72. The van der Waals surface area contributed by atoms with Crippen LogP contribution >= 0.6 is 11.6 Å². The van der Waals surface area contributed by atoms with E-state index >= 15 is 0 Å². The van der Waals surface area contributed by atoms with Gasteiger partial charge in [-0.25, -0.2) is 13.2 Å². The summed E-state index contributed by atoms with van der Waals surface area (Å²) in [6.45, 7) is 1.96. The van der Waals surface area contributed by atoms with Gasteiger partial charge in [-0.1, -0.05) is 25.2 Å². The second-order valence-corrected chi connectivity index (χ2v) is 6.31. The SMILES string of the molecule is CCC(Cl)C/C(C1=CCCC=C1)=C(\NC)c1c(F)cc(F)cc1F. The second-order valence-electron chi connectivity index (χ2n) is 5.70. The van der Waals surface area contributed by atoms with E-state index in [-0.39, 0.29) is 10.9 Å². The van der Waals surface area contributed by atoms with E-state index in [9.17, 15) is 13.2 Å². The number of alkyl halides is 1. The standard InChI is InChI=1S/C19H21ClF3N/c1-3-13(20)9-15(12-7-5-4-6-8-12)19(24-2)18-16(22)10-14(21)11-17(18)23/h5,7-8,10-11,13,24H,3-4,6,9H2,1-2H3/b19-15+. The van der Waals surface area contributed by atoms with Gasteiger partial charge in [0.05, 0.1) is 11.3 Å². The number of rotatable bonds is 6. The zero-order valence-corrected chi connectivity index (χ0v) is 14.6. The van der Waals surface area contributed by atoms with Crippen molar-refractivity contribution < 1.29 is 13.2 Å². The number of hydrogen-bond acceptors (Lipinski definition) is 1. The van der Waals surface area contributed by atoms with E-state index in [2.05, 4.69) is 5.32 Å². The normalized spacial score (nSPS) is 16.5. The number of halogens is 4. The van der Waals surface area contributed by atoms with Crippen LogP contribution in [0.2, 0.25) is 0 Å². The fraction of sp³-hybridized carbons (Fsp3) is 0.368. The van der Waals surface area contributed by atoms with E-state index in [0.717, 1.165) is 30.4 Å². The summed E-state index contributed by atoms with van der Waals surface area (Å²) in [5, 5.41) is 2.73. The molecule has 0 amide bonds. The molecule has 0 bridgehead atoms. The Morgan fingerprint density at radius 1 is 1.21 bits per heavy atom. The lowest BCUT2D eigenvalue weighted by Gasteiger charge is -2.21. The van der Waals surface area contributed by atoms with Crippen LogP contribution in [0.1, 0.15) is 38.2 Å². The molecule has 0 saturated heterocycles. The van der Waals surface area contributed by atoms with Gasteiger partial charge in [-0.3, -0.25) is 0 Å². The van der Waals surface area contributed by atoms with E-state index < -0.39 is 17.5 Å². The molecule has 1 atom stereocenters. The largest absolute Gasteiger partial charge is 0.387 e. The number of allylic oxidation sites excluding steroid dienone is 5. The molecular formula is C19H21ClF3N. The monoisotopic (exact) mass is 355 g/mol. The smallest absolute Gasteiger partial charge is 0.138 e. The second kappa shape index (κ2) is 8.43. The number of nitrogens with one attached hydrogen (secondary N) is 1. The highest BCUT2D eigenvalue weighted by molar-refractivity contribution is 6.20. The van der Waals surface area contributed by atoms with Crippen molar-refractivity contribution in [2.24, 2.45) is 0 Å². The summed E-state index contributed by atoms with van der Waals surface area (Å²) in [5.41, 5.74) is 1.68. The first kappa shape index (κ1) is 18.7. The van der Waals surface area contributed by atoms with E-state index in [1.807, 2.05) is 25.2 Å². The van der Waals surface area contributed by atoms with Gasteiger partial charge in [-0.2, -0.15) is 0 Å². The van der Waals surface area contributed by atoms with Gasteiger partial charge in [0.2, 0.25) is 0 Å². The zero-order chi connectivity index (χ0) is 17.7. The fourth-order valence-corrected chi connectivity index (χ4v) is 2.93. The van der Waals surface area contributed by atoms with Crippen molar-refractivity contribution in [2.75, 3.05) is 7.05 Å². The summed E-state index contributed by atoms with van der Waals surface area (Å²) in [6.07, 6.45) is 8.98. The molecule has 0 aromatic heterocycles. The summed E-state index contributed by atoms with van der Waals surface area (Å²) < 4.78 is 41.8. The van der Waals surface area contributed by atoms with Crippen molar-refractivity contribution in [1.29, 1.82) is 0 Å². The Hall–Kier alpha value is -1.68. The molecule has 1 nitrogen and oxygen atoms in total. The minimum atomic E-state index is -0.939. The maximum atomic E-state index is 14.3. The van der Waals surface area contributed by atoms with Gasteiger partial charge in [0.1, 0.15) is 17.5 Å². The van der Waals surface area contributed by atoms with E-state index in [4.69, 9.17) is 11.6 Å². The maximum absolute atomic E-state index is 14.3. The van der Waals surface area contributed by atoms with Crippen molar-refractivity contribution in [2.45, 2.75) is 38.0 Å². The first-order valence-corrected chi connectivity index (χ1v) is 8.48. The van der Waals surface area contributed by atoms with Gasteiger partial charge in [0.15, 0.2) is 0 Å². The molecule has 0 fully saturated rings. The van der Waals surface area contributed by atoms with Gasteiger partial charge in [0, 0.05) is 24.6 Å². The van der Waals surface area contributed by atoms with Gasteiger partial charge in [-0.05, 0) is 36.8 Å². The molecule has 5 heteroatoms. The molecule has 0 saturated carbocycles. The van der Waals surface area contributed by atoms with Crippen molar-refractivity contribution in [3.8, 4) is 0 Å². The Balaban J connectivity index is 2.64. The summed E-state index contributed by atoms with van der Waals surface area (Å²) in [7, 11) is 1.60. The molecule has 1 aromatic rings.